The highest BCUT2D eigenvalue weighted by Crippen LogP contribution is 1.88. The molecule has 0 radical (unpaired) electrons. The van der Waals surface area contributed by atoms with E-state index in [2.05, 4.69) is 0 Å². The second-order valence-electron chi connectivity index (χ2n) is 2.52. The fourth-order valence-electron chi connectivity index (χ4n) is 0.906. The summed E-state index contributed by atoms with van der Waals surface area (Å²) in [6.07, 6.45) is 1.32. The average Bonchev–Trinajstić information content (AvgIpc) is 1.99. The minimum Gasteiger partial charge on any atom is -0.423 e. The molecule has 0 fully saturated rings. The van der Waals surface area contributed by atoms with Crippen molar-refractivity contribution in [3.05, 3.63) is 22.6 Å². The number of hydrogen-bond acceptors (Lipinski definition) is 4. The summed E-state index contributed by atoms with van der Waals surface area (Å²) >= 11 is 0. The van der Waals surface area contributed by atoms with E-state index in [0.29, 0.717) is 0 Å². The second kappa shape index (κ2) is 3.00. The van der Waals surface area contributed by atoms with E-state index in [9.17, 15) is 4.79 Å². The van der Waals surface area contributed by atoms with E-state index in [1.165, 1.54) is 23.9 Å². The Kier molecular flexibility index (Phi) is 2.21. The molecule has 1 aromatic heterocycles. The number of rotatable bonds is 1. The van der Waals surface area contributed by atoms with Crippen molar-refractivity contribution in [2.45, 2.75) is 0 Å². The Labute approximate surface area is 69.2 Å². The van der Waals surface area contributed by atoms with Gasteiger partial charge in [0.1, 0.15) is 0 Å². The van der Waals surface area contributed by atoms with Gasteiger partial charge in [0, 0.05) is 18.7 Å². The fraction of sp³-hybridized carbons (Fsp3) is 0.167. The lowest BCUT2D eigenvalue weighted by Crippen LogP contribution is -2.35. The molecular weight excluding hydrogens is 159 g/mol. The van der Waals surface area contributed by atoms with Crippen molar-refractivity contribution in [1.82, 2.24) is 4.57 Å². The lowest BCUT2D eigenvalue weighted by Gasteiger charge is -2.03. The molecule has 0 atom stereocenters. The topological polar surface area (TPSA) is 88.5 Å². The van der Waals surface area contributed by atoms with Gasteiger partial charge in [-0.05, 0) is 6.07 Å². The zero-order valence-corrected chi connectivity index (χ0v) is 6.56. The monoisotopic (exact) mass is 168 g/mol. The molecule has 0 aliphatic heterocycles. The van der Waals surface area contributed by atoms with Crippen LogP contribution in [-0.4, -0.2) is 21.7 Å². The van der Waals surface area contributed by atoms with Gasteiger partial charge in [0.05, 0.1) is 5.69 Å². The molecule has 5 nitrogen and oxygen atoms in total. The highest BCUT2D eigenvalue weighted by atomic mass is 16.4. The van der Waals surface area contributed by atoms with E-state index in [0.717, 1.165) is 0 Å². The number of aromatic nitrogens is 1. The Bertz CT molecular complexity index is 321. The van der Waals surface area contributed by atoms with Crippen LogP contribution in [0.5, 0.6) is 0 Å². The van der Waals surface area contributed by atoms with E-state index < -0.39 is 7.12 Å². The molecule has 64 valence electrons. The second-order valence-corrected chi connectivity index (χ2v) is 2.52. The van der Waals surface area contributed by atoms with Crippen molar-refractivity contribution in [3.63, 3.8) is 0 Å². The summed E-state index contributed by atoms with van der Waals surface area (Å²) < 4.78 is 1.20. The van der Waals surface area contributed by atoms with Crippen molar-refractivity contribution in [2.24, 2.45) is 7.05 Å². The maximum absolute atomic E-state index is 11.0. The molecule has 0 aromatic carbocycles. The molecule has 0 bridgehead atoms. The van der Waals surface area contributed by atoms with Gasteiger partial charge >= 0.3 is 7.12 Å². The van der Waals surface area contributed by atoms with Crippen LogP contribution in [0.25, 0.3) is 0 Å². The van der Waals surface area contributed by atoms with E-state index in [1.807, 2.05) is 0 Å². The molecule has 1 heterocycles. The van der Waals surface area contributed by atoms with Gasteiger partial charge in [0.2, 0.25) is 0 Å². The predicted molar refractivity (Wildman–Crippen MR) is 45.9 cm³/mol. The van der Waals surface area contributed by atoms with Crippen LogP contribution in [0.4, 0.5) is 5.69 Å². The Morgan fingerprint density at radius 3 is 2.58 bits per heavy atom. The number of aryl methyl sites for hydroxylation is 1. The maximum Gasteiger partial charge on any atom is 0.490 e. The van der Waals surface area contributed by atoms with Crippen molar-refractivity contribution in [3.8, 4) is 0 Å². The minimum absolute atomic E-state index is 0.00287. The van der Waals surface area contributed by atoms with Crippen molar-refractivity contribution in [1.29, 1.82) is 0 Å². The van der Waals surface area contributed by atoms with E-state index >= 15 is 0 Å². The molecule has 1 aromatic rings. The van der Waals surface area contributed by atoms with Crippen LogP contribution in [0.1, 0.15) is 0 Å². The standard InChI is InChI=1S/C6H9BN2O3/c1-9-3-4(7(11)12)2-5(8)6(9)10/h2-3,11-12H,8H2,1H3. The van der Waals surface area contributed by atoms with E-state index in [4.69, 9.17) is 15.8 Å². The highest BCUT2D eigenvalue weighted by Gasteiger charge is 2.12. The van der Waals surface area contributed by atoms with Crippen molar-refractivity contribution < 1.29 is 10.0 Å². The molecule has 0 aliphatic carbocycles. The SMILES string of the molecule is Cn1cc(B(O)O)cc(N)c1=O. The molecule has 0 amide bonds. The van der Waals surface area contributed by atoms with Crippen LogP contribution in [0.3, 0.4) is 0 Å². The van der Waals surface area contributed by atoms with Gasteiger partial charge in [0.15, 0.2) is 0 Å². The number of nitrogens with two attached hydrogens (primary N) is 1. The molecule has 4 N–H and O–H groups in total. The average molecular weight is 168 g/mol. The number of anilines is 1. The van der Waals surface area contributed by atoms with E-state index in [1.54, 1.807) is 0 Å². The van der Waals surface area contributed by atoms with Gasteiger partial charge in [-0.15, -0.1) is 0 Å². The Morgan fingerprint density at radius 2 is 2.17 bits per heavy atom. The molecule has 0 saturated heterocycles. The first-order valence-corrected chi connectivity index (χ1v) is 3.34. The Morgan fingerprint density at radius 1 is 1.58 bits per heavy atom. The zero-order chi connectivity index (χ0) is 9.30. The lowest BCUT2D eigenvalue weighted by atomic mass is 9.81. The predicted octanol–water partition coefficient (Wildman–Crippen LogP) is -2.35. The van der Waals surface area contributed by atoms with Crippen LogP contribution in [0.15, 0.2) is 17.1 Å². The van der Waals surface area contributed by atoms with Gasteiger partial charge in [-0.2, -0.15) is 0 Å². The number of nitrogens with zero attached hydrogens (tertiary/aromatic N) is 1. The quantitative estimate of drug-likeness (QED) is 0.409. The minimum atomic E-state index is -1.60. The first kappa shape index (κ1) is 8.83. The van der Waals surface area contributed by atoms with E-state index in [-0.39, 0.29) is 16.7 Å². The third-order valence-electron chi connectivity index (χ3n) is 1.53. The van der Waals surface area contributed by atoms with Crippen LogP contribution in [0.2, 0.25) is 0 Å². The summed E-state index contributed by atoms with van der Waals surface area (Å²) in [5.74, 6) is 0. The van der Waals surface area contributed by atoms with Gasteiger partial charge in [0.25, 0.3) is 5.56 Å². The molecule has 0 aliphatic rings. The van der Waals surface area contributed by atoms with Crippen LogP contribution >= 0.6 is 0 Å². The molecule has 12 heavy (non-hydrogen) atoms. The third-order valence-corrected chi connectivity index (χ3v) is 1.53. The molecule has 1 rings (SSSR count). The zero-order valence-electron chi connectivity index (χ0n) is 6.56. The van der Waals surface area contributed by atoms with Crippen LogP contribution in [0, 0.1) is 0 Å². The summed E-state index contributed by atoms with van der Waals surface area (Å²) in [5, 5.41) is 17.5. The first-order valence-electron chi connectivity index (χ1n) is 3.34. The van der Waals surface area contributed by atoms with Gasteiger partial charge in [-0.3, -0.25) is 4.79 Å². The van der Waals surface area contributed by atoms with Gasteiger partial charge in [-0.1, -0.05) is 0 Å². The Balaban J connectivity index is 3.31. The summed E-state index contributed by atoms with van der Waals surface area (Å²) in [6.45, 7) is 0. The van der Waals surface area contributed by atoms with Crippen LogP contribution < -0.4 is 16.8 Å². The first-order chi connectivity index (χ1) is 5.52. The number of nitrogen functional groups attached to an aromatic ring is 1. The Hall–Kier alpha value is -1.27. The summed E-state index contributed by atoms with van der Waals surface area (Å²) in [7, 11) is -0.107. The normalized spacial score (nSPS) is 9.92. The van der Waals surface area contributed by atoms with Crippen LogP contribution in [-0.2, 0) is 7.05 Å². The molecule has 6 heteroatoms. The number of pyridine rings is 1. The summed E-state index contributed by atoms with van der Waals surface area (Å²) in [5.41, 5.74) is 5.16. The molecule has 0 saturated carbocycles. The van der Waals surface area contributed by atoms with Crippen molar-refractivity contribution >= 4 is 18.3 Å². The molecule has 0 unspecified atom stereocenters. The van der Waals surface area contributed by atoms with Crippen molar-refractivity contribution in [2.75, 3.05) is 5.73 Å². The fourth-order valence-corrected chi connectivity index (χ4v) is 0.906. The van der Waals surface area contributed by atoms with Gasteiger partial charge in [-0.25, -0.2) is 0 Å². The highest BCUT2D eigenvalue weighted by molar-refractivity contribution is 6.58. The molecular formula is C6H9BN2O3. The molecule has 0 spiro atoms. The third kappa shape index (κ3) is 1.49. The maximum atomic E-state index is 11.0. The smallest absolute Gasteiger partial charge is 0.423 e. The van der Waals surface area contributed by atoms with Gasteiger partial charge < -0.3 is 20.3 Å². The lowest BCUT2D eigenvalue weighted by molar-refractivity contribution is 0.425. The summed E-state index contributed by atoms with van der Waals surface area (Å²) in [6, 6.07) is 1.24. The summed E-state index contributed by atoms with van der Waals surface area (Å²) in [4.78, 5) is 11.0. The number of hydrogen-bond donors (Lipinski definition) is 3. The largest absolute Gasteiger partial charge is 0.490 e.